The van der Waals surface area contributed by atoms with E-state index in [9.17, 15) is 27.6 Å². The summed E-state index contributed by atoms with van der Waals surface area (Å²) in [5.74, 6) is -1.00. The molecular weight excluding hydrogens is 327 g/mol. The molecule has 0 spiro atoms. The average molecular weight is 341 g/mol. The first-order chi connectivity index (χ1) is 11.2. The molecule has 1 N–H and O–H groups in total. The number of hydrogen-bond acceptors (Lipinski definition) is 3. The van der Waals surface area contributed by atoms with Crippen LogP contribution < -0.4 is 11.2 Å². The molecule has 6 nitrogen and oxygen atoms in total. The van der Waals surface area contributed by atoms with Crippen LogP contribution in [0.4, 0.5) is 13.2 Å². The first-order valence-corrected chi connectivity index (χ1v) is 6.90. The van der Waals surface area contributed by atoms with E-state index in [4.69, 9.17) is 0 Å². The maximum absolute atomic E-state index is 12.5. The highest BCUT2D eigenvalue weighted by Crippen LogP contribution is 2.16. The second-order valence-electron chi connectivity index (χ2n) is 5.05. The Morgan fingerprint density at radius 1 is 1.29 bits per heavy atom. The molecule has 1 aromatic carbocycles. The molecule has 0 saturated carbocycles. The van der Waals surface area contributed by atoms with Gasteiger partial charge in [0.05, 0.1) is 10.9 Å². The summed E-state index contributed by atoms with van der Waals surface area (Å²) in [4.78, 5) is 39.2. The zero-order valence-electron chi connectivity index (χ0n) is 12.5. The number of para-hydroxylation sites is 1. The molecule has 0 aliphatic heterocycles. The van der Waals surface area contributed by atoms with Crippen LogP contribution in [0.2, 0.25) is 0 Å². The van der Waals surface area contributed by atoms with Crippen molar-refractivity contribution in [1.29, 1.82) is 0 Å². The van der Waals surface area contributed by atoms with Gasteiger partial charge in [-0.3, -0.25) is 14.2 Å². The summed E-state index contributed by atoms with van der Waals surface area (Å²) in [6.07, 6.45) is -3.46. The molecule has 1 amide bonds. The summed E-state index contributed by atoms with van der Waals surface area (Å²) >= 11 is 0. The van der Waals surface area contributed by atoms with Gasteiger partial charge in [-0.1, -0.05) is 18.2 Å². The third-order valence-corrected chi connectivity index (χ3v) is 3.26. The molecular formula is C15H14F3N3O3. The number of aromatic amines is 1. The fourth-order valence-corrected chi connectivity index (χ4v) is 2.20. The van der Waals surface area contributed by atoms with E-state index in [1.807, 2.05) is 0 Å². The molecule has 128 valence electrons. The van der Waals surface area contributed by atoms with E-state index in [2.05, 4.69) is 11.6 Å². The van der Waals surface area contributed by atoms with Gasteiger partial charge < -0.3 is 9.88 Å². The number of amides is 1. The third-order valence-electron chi connectivity index (χ3n) is 3.26. The monoisotopic (exact) mass is 341 g/mol. The van der Waals surface area contributed by atoms with Crippen LogP contribution in [-0.4, -0.2) is 39.6 Å². The molecule has 0 fully saturated rings. The molecule has 0 aliphatic rings. The number of carbonyl (C=O) groups excluding carboxylic acids is 1. The summed E-state index contributed by atoms with van der Waals surface area (Å²) in [5.41, 5.74) is -1.32. The number of halogens is 3. The minimum Gasteiger partial charge on any atom is -0.328 e. The van der Waals surface area contributed by atoms with Crippen LogP contribution >= 0.6 is 0 Å². The highest BCUT2D eigenvalue weighted by Gasteiger charge is 2.32. The van der Waals surface area contributed by atoms with Crippen molar-refractivity contribution in [2.45, 2.75) is 12.7 Å². The zero-order chi connectivity index (χ0) is 17.9. The number of benzene rings is 1. The smallest absolute Gasteiger partial charge is 0.328 e. The molecule has 1 aromatic heterocycles. The molecule has 2 rings (SSSR count). The SMILES string of the molecule is C=CCN(CC(F)(F)F)C(=O)Cn1c(=O)[nH]c2ccccc2c1=O. The van der Waals surface area contributed by atoms with Gasteiger partial charge in [-0.25, -0.2) is 4.79 Å². The Morgan fingerprint density at radius 3 is 2.58 bits per heavy atom. The molecule has 0 aliphatic carbocycles. The predicted molar refractivity (Wildman–Crippen MR) is 81.7 cm³/mol. The van der Waals surface area contributed by atoms with Crippen molar-refractivity contribution in [2.24, 2.45) is 0 Å². The number of aromatic nitrogens is 2. The Bertz CT molecular complexity index is 883. The van der Waals surface area contributed by atoms with Crippen LogP contribution in [-0.2, 0) is 11.3 Å². The Hall–Kier alpha value is -2.84. The van der Waals surface area contributed by atoms with Crippen LogP contribution in [0.3, 0.4) is 0 Å². The number of fused-ring (bicyclic) bond motifs is 1. The maximum atomic E-state index is 12.5. The number of alkyl halides is 3. The van der Waals surface area contributed by atoms with E-state index in [0.29, 0.717) is 9.47 Å². The summed E-state index contributed by atoms with van der Waals surface area (Å²) in [6.45, 7) is 0.673. The molecule has 0 saturated heterocycles. The molecule has 9 heteroatoms. The first-order valence-electron chi connectivity index (χ1n) is 6.90. The molecule has 0 atom stereocenters. The lowest BCUT2D eigenvalue weighted by Gasteiger charge is -2.22. The van der Waals surface area contributed by atoms with Crippen molar-refractivity contribution in [3.05, 3.63) is 57.8 Å². The second kappa shape index (κ2) is 6.73. The van der Waals surface area contributed by atoms with Crippen LogP contribution in [0.25, 0.3) is 10.9 Å². The van der Waals surface area contributed by atoms with Crippen molar-refractivity contribution >= 4 is 16.8 Å². The number of carbonyl (C=O) groups is 1. The first kappa shape index (κ1) is 17.5. The molecule has 0 radical (unpaired) electrons. The van der Waals surface area contributed by atoms with Crippen molar-refractivity contribution in [3.8, 4) is 0 Å². The molecule has 0 unspecified atom stereocenters. The van der Waals surface area contributed by atoms with Gasteiger partial charge in [0.2, 0.25) is 5.91 Å². The number of nitrogens with one attached hydrogen (secondary N) is 1. The minimum absolute atomic E-state index is 0.163. The number of rotatable bonds is 5. The Kier molecular flexibility index (Phi) is 4.91. The van der Waals surface area contributed by atoms with Gasteiger partial charge in [0, 0.05) is 6.54 Å². The van der Waals surface area contributed by atoms with Gasteiger partial charge in [0.1, 0.15) is 13.1 Å². The van der Waals surface area contributed by atoms with Crippen molar-refractivity contribution in [1.82, 2.24) is 14.5 Å². The van der Waals surface area contributed by atoms with Crippen LogP contribution in [0.15, 0.2) is 46.5 Å². The lowest BCUT2D eigenvalue weighted by Crippen LogP contribution is -2.45. The number of H-pyrrole nitrogens is 1. The van der Waals surface area contributed by atoms with Crippen molar-refractivity contribution in [3.63, 3.8) is 0 Å². The van der Waals surface area contributed by atoms with E-state index < -0.39 is 36.4 Å². The standard InChI is InChI=1S/C15H14F3N3O3/c1-2-7-20(9-15(16,17)18)12(22)8-21-13(23)10-5-3-4-6-11(10)19-14(21)24/h2-6H,1,7-9H2,(H,19,24). The van der Waals surface area contributed by atoms with Crippen molar-refractivity contribution in [2.75, 3.05) is 13.1 Å². The van der Waals surface area contributed by atoms with Gasteiger partial charge in [0.15, 0.2) is 0 Å². The molecule has 1 heterocycles. The molecule has 24 heavy (non-hydrogen) atoms. The minimum atomic E-state index is -4.60. The zero-order valence-corrected chi connectivity index (χ0v) is 12.5. The Morgan fingerprint density at radius 2 is 1.96 bits per heavy atom. The van der Waals surface area contributed by atoms with Gasteiger partial charge in [-0.2, -0.15) is 13.2 Å². The fraction of sp³-hybridized carbons (Fsp3) is 0.267. The Balaban J connectivity index is 2.37. The summed E-state index contributed by atoms with van der Waals surface area (Å²) in [6, 6.07) is 6.15. The second-order valence-corrected chi connectivity index (χ2v) is 5.05. The van der Waals surface area contributed by atoms with E-state index in [1.54, 1.807) is 12.1 Å². The molecule has 0 bridgehead atoms. The quantitative estimate of drug-likeness (QED) is 0.832. The average Bonchev–Trinajstić information content (AvgIpc) is 2.49. The molecule has 2 aromatic rings. The normalized spacial score (nSPS) is 11.5. The Labute approximate surface area is 133 Å². The lowest BCUT2D eigenvalue weighted by atomic mass is 10.2. The van der Waals surface area contributed by atoms with E-state index in [0.717, 1.165) is 6.08 Å². The highest BCUT2D eigenvalue weighted by atomic mass is 19.4. The third kappa shape index (κ3) is 3.92. The van der Waals surface area contributed by atoms with E-state index in [-0.39, 0.29) is 17.4 Å². The summed E-state index contributed by atoms with van der Waals surface area (Å²) < 4.78 is 38.2. The fourth-order valence-electron chi connectivity index (χ4n) is 2.20. The number of hydrogen-bond donors (Lipinski definition) is 1. The summed E-state index contributed by atoms with van der Waals surface area (Å²) in [7, 11) is 0. The maximum Gasteiger partial charge on any atom is 0.406 e. The summed E-state index contributed by atoms with van der Waals surface area (Å²) in [5, 5.41) is 0.163. The van der Waals surface area contributed by atoms with Gasteiger partial charge in [-0.15, -0.1) is 6.58 Å². The highest BCUT2D eigenvalue weighted by molar-refractivity contribution is 5.79. The lowest BCUT2D eigenvalue weighted by molar-refractivity contribution is -0.160. The van der Waals surface area contributed by atoms with Crippen LogP contribution in [0, 0.1) is 0 Å². The van der Waals surface area contributed by atoms with Crippen molar-refractivity contribution < 1.29 is 18.0 Å². The van der Waals surface area contributed by atoms with Gasteiger partial charge >= 0.3 is 11.9 Å². The topological polar surface area (TPSA) is 75.2 Å². The van der Waals surface area contributed by atoms with E-state index >= 15 is 0 Å². The van der Waals surface area contributed by atoms with E-state index in [1.165, 1.54) is 12.1 Å². The van der Waals surface area contributed by atoms with Gasteiger partial charge in [-0.05, 0) is 12.1 Å². The predicted octanol–water partition coefficient (Wildman–Crippen LogP) is 1.27. The van der Waals surface area contributed by atoms with Gasteiger partial charge in [0.25, 0.3) is 5.56 Å². The van der Waals surface area contributed by atoms with Crippen LogP contribution in [0.5, 0.6) is 0 Å². The number of nitrogens with zero attached hydrogens (tertiary/aromatic N) is 2. The largest absolute Gasteiger partial charge is 0.406 e. The van der Waals surface area contributed by atoms with Crippen LogP contribution in [0.1, 0.15) is 0 Å².